The fourth-order valence-corrected chi connectivity index (χ4v) is 3.04. The maximum absolute atomic E-state index is 5.92. The maximum Gasteiger partial charge on any atom is 0.119 e. The van der Waals surface area contributed by atoms with Gasteiger partial charge in [-0.1, -0.05) is 36.4 Å². The number of hydrogen-bond donors (Lipinski definition) is 0. The van der Waals surface area contributed by atoms with Crippen LogP contribution >= 0.6 is 0 Å². The smallest absolute Gasteiger partial charge is 0.119 e. The molecule has 154 valence electrons. The van der Waals surface area contributed by atoms with Gasteiger partial charge < -0.3 is 23.7 Å². The van der Waals surface area contributed by atoms with Crippen LogP contribution in [0.1, 0.15) is 5.56 Å². The molecule has 0 aliphatic carbocycles. The van der Waals surface area contributed by atoms with Gasteiger partial charge in [0.2, 0.25) is 0 Å². The summed E-state index contributed by atoms with van der Waals surface area (Å²) in [7, 11) is 0. The second kappa shape index (κ2) is 8.78. The average Bonchev–Trinajstić information content (AvgIpc) is 3.71. The van der Waals surface area contributed by atoms with Gasteiger partial charge in [-0.15, -0.1) is 0 Å². The molecule has 5 rings (SSSR count). The molecule has 2 heterocycles. The lowest BCUT2D eigenvalue weighted by atomic mass is 10.1. The van der Waals surface area contributed by atoms with Crippen molar-refractivity contribution in [2.24, 2.45) is 0 Å². The van der Waals surface area contributed by atoms with Crippen molar-refractivity contribution in [3.05, 3.63) is 78.4 Å². The van der Waals surface area contributed by atoms with Crippen molar-refractivity contribution in [1.82, 2.24) is 0 Å². The van der Waals surface area contributed by atoms with E-state index < -0.39 is 0 Å². The van der Waals surface area contributed by atoms with Crippen LogP contribution in [0.2, 0.25) is 0 Å². The average molecular weight is 404 g/mol. The van der Waals surface area contributed by atoms with Crippen LogP contribution in [0.3, 0.4) is 0 Å². The predicted molar refractivity (Wildman–Crippen MR) is 113 cm³/mol. The number of rotatable bonds is 10. The molecule has 0 spiro atoms. The van der Waals surface area contributed by atoms with Crippen LogP contribution in [0.5, 0.6) is 17.2 Å². The highest BCUT2D eigenvalue weighted by Crippen LogP contribution is 2.26. The molecule has 3 aromatic rings. The van der Waals surface area contributed by atoms with E-state index in [1.807, 2.05) is 48.5 Å². The van der Waals surface area contributed by atoms with Crippen LogP contribution in [-0.4, -0.2) is 38.6 Å². The molecule has 5 heteroatoms. The monoisotopic (exact) mass is 404 g/mol. The molecular weight excluding hydrogens is 380 g/mol. The van der Waals surface area contributed by atoms with Gasteiger partial charge in [-0.25, -0.2) is 0 Å². The minimum absolute atomic E-state index is 0.268. The fraction of sp³-hybridized carbons (Fsp3) is 0.280. The third-order valence-corrected chi connectivity index (χ3v) is 5.05. The van der Waals surface area contributed by atoms with Crippen molar-refractivity contribution in [2.75, 3.05) is 26.4 Å². The molecule has 2 atom stereocenters. The van der Waals surface area contributed by atoms with Gasteiger partial charge in [0.25, 0.3) is 0 Å². The van der Waals surface area contributed by atoms with Gasteiger partial charge in [0, 0.05) is 0 Å². The Morgan fingerprint density at radius 3 is 1.40 bits per heavy atom. The first-order chi connectivity index (χ1) is 14.8. The van der Waals surface area contributed by atoms with E-state index in [0.717, 1.165) is 47.2 Å². The van der Waals surface area contributed by atoms with Crippen LogP contribution < -0.4 is 14.2 Å². The molecule has 3 aromatic carbocycles. The zero-order chi connectivity index (χ0) is 20.2. The van der Waals surface area contributed by atoms with Gasteiger partial charge >= 0.3 is 0 Å². The van der Waals surface area contributed by atoms with Crippen LogP contribution in [0.25, 0.3) is 11.1 Å². The molecule has 30 heavy (non-hydrogen) atoms. The van der Waals surface area contributed by atoms with Gasteiger partial charge in [-0.2, -0.15) is 0 Å². The summed E-state index contributed by atoms with van der Waals surface area (Å²) < 4.78 is 27.6. The number of ether oxygens (including phenoxy) is 5. The number of epoxide rings is 2. The Kier molecular flexibility index (Phi) is 5.55. The summed E-state index contributed by atoms with van der Waals surface area (Å²) in [6.45, 7) is 3.37. The van der Waals surface area contributed by atoms with Crippen molar-refractivity contribution in [2.45, 2.75) is 18.8 Å². The van der Waals surface area contributed by atoms with Crippen molar-refractivity contribution in [3.63, 3.8) is 0 Å². The first kappa shape index (κ1) is 19.0. The van der Waals surface area contributed by atoms with Crippen molar-refractivity contribution >= 4 is 0 Å². The Bertz CT molecular complexity index is 942. The molecule has 2 fully saturated rings. The van der Waals surface area contributed by atoms with Gasteiger partial charge in [0.15, 0.2) is 0 Å². The normalized spacial score (nSPS) is 19.2. The minimum atomic E-state index is 0.268. The van der Waals surface area contributed by atoms with E-state index >= 15 is 0 Å². The van der Waals surface area contributed by atoms with Crippen molar-refractivity contribution in [3.8, 4) is 28.4 Å². The minimum Gasteiger partial charge on any atom is -0.491 e. The van der Waals surface area contributed by atoms with Gasteiger partial charge in [-0.05, 0) is 53.1 Å². The van der Waals surface area contributed by atoms with Crippen molar-refractivity contribution in [1.29, 1.82) is 0 Å². The lowest BCUT2D eigenvalue weighted by molar-refractivity contribution is 0.262. The molecule has 5 nitrogen and oxygen atoms in total. The van der Waals surface area contributed by atoms with E-state index in [0.29, 0.717) is 19.8 Å². The molecule has 0 bridgehead atoms. The van der Waals surface area contributed by atoms with Crippen LogP contribution in [0, 0.1) is 0 Å². The van der Waals surface area contributed by atoms with E-state index in [-0.39, 0.29) is 12.2 Å². The summed E-state index contributed by atoms with van der Waals surface area (Å²) in [5.41, 5.74) is 3.38. The maximum atomic E-state index is 5.92. The second-order valence-corrected chi connectivity index (χ2v) is 7.51. The molecule has 0 saturated carbocycles. The fourth-order valence-electron chi connectivity index (χ4n) is 3.04. The predicted octanol–water partition coefficient (Wildman–Crippen LogP) is 4.49. The van der Waals surface area contributed by atoms with E-state index in [2.05, 4.69) is 24.3 Å². The highest BCUT2D eigenvalue weighted by Gasteiger charge is 2.23. The summed E-state index contributed by atoms with van der Waals surface area (Å²) in [5, 5.41) is 0. The summed E-state index contributed by atoms with van der Waals surface area (Å²) in [4.78, 5) is 0. The molecule has 2 aliphatic heterocycles. The Balaban J connectivity index is 1.12. The lowest BCUT2D eigenvalue weighted by Crippen LogP contribution is -2.04. The second-order valence-electron chi connectivity index (χ2n) is 7.51. The number of hydrogen-bond acceptors (Lipinski definition) is 5. The largest absolute Gasteiger partial charge is 0.491 e. The Morgan fingerprint density at radius 1 is 0.567 bits per heavy atom. The standard InChI is InChI=1S/C25H24O5/c1-7-21(27-14-24-16-29-24)8-2-18(1)13-26-22-9-3-19(4-10-22)20-5-11-23(12-6-20)28-15-25-17-30-25/h1-12,24-25H,13-17H2. The molecule has 2 unspecified atom stereocenters. The molecule has 2 saturated heterocycles. The third kappa shape index (κ3) is 5.32. The Morgan fingerprint density at radius 2 is 0.967 bits per heavy atom. The van der Waals surface area contributed by atoms with Gasteiger partial charge in [0.1, 0.15) is 49.3 Å². The summed E-state index contributed by atoms with van der Waals surface area (Å²) >= 11 is 0. The number of benzene rings is 3. The molecule has 2 aliphatic rings. The van der Waals surface area contributed by atoms with Gasteiger partial charge in [0.05, 0.1) is 13.2 Å². The highest BCUT2D eigenvalue weighted by molar-refractivity contribution is 5.64. The molecule has 0 N–H and O–H groups in total. The molecule has 0 aromatic heterocycles. The molecular formula is C25H24O5. The topological polar surface area (TPSA) is 52.8 Å². The SMILES string of the molecule is c1cc(OCC2CO2)ccc1COc1ccc(-c2ccc(OCC3CO3)cc2)cc1. The summed E-state index contributed by atoms with van der Waals surface area (Å²) in [6.07, 6.45) is 0.538. The zero-order valence-electron chi connectivity index (χ0n) is 16.7. The van der Waals surface area contributed by atoms with Crippen LogP contribution in [-0.2, 0) is 16.1 Å². The summed E-state index contributed by atoms with van der Waals surface area (Å²) in [6, 6.07) is 24.2. The van der Waals surface area contributed by atoms with Crippen LogP contribution in [0.15, 0.2) is 72.8 Å². The van der Waals surface area contributed by atoms with E-state index in [1.165, 1.54) is 0 Å². The third-order valence-electron chi connectivity index (χ3n) is 5.05. The Labute approximate surface area is 176 Å². The molecule has 0 radical (unpaired) electrons. The van der Waals surface area contributed by atoms with Gasteiger partial charge in [-0.3, -0.25) is 0 Å². The lowest BCUT2D eigenvalue weighted by Gasteiger charge is -2.09. The summed E-state index contributed by atoms with van der Waals surface area (Å²) in [5.74, 6) is 2.57. The molecule has 0 amide bonds. The quantitative estimate of drug-likeness (QED) is 0.466. The van der Waals surface area contributed by atoms with E-state index in [9.17, 15) is 0 Å². The Hall–Kier alpha value is -3.02. The van der Waals surface area contributed by atoms with E-state index in [4.69, 9.17) is 23.7 Å². The van der Waals surface area contributed by atoms with Crippen LogP contribution in [0.4, 0.5) is 0 Å². The first-order valence-electron chi connectivity index (χ1n) is 10.2. The van der Waals surface area contributed by atoms with Crippen molar-refractivity contribution < 1.29 is 23.7 Å². The van der Waals surface area contributed by atoms with E-state index in [1.54, 1.807) is 0 Å². The first-order valence-corrected chi connectivity index (χ1v) is 10.2. The zero-order valence-corrected chi connectivity index (χ0v) is 16.7. The highest BCUT2D eigenvalue weighted by atomic mass is 16.6.